The highest BCUT2D eigenvalue weighted by Gasteiger charge is 2.28. The van der Waals surface area contributed by atoms with Crippen molar-refractivity contribution in [2.75, 3.05) is 37.4 Å². The minimum atomic E-state index is -0.129. The molecule has 1 aliphatic rings. The Labute approximate surface area is 147 Å². The summed E-state index contributed by atoms with van der Waals surface area (Å²) in [7, 11) is 3.86. The number of likely N-dealkylation sites (tertiary alicyclic amines) is 1. The second-order valence-corrected chi connectivity index (χ2v) is 6.31. The number of nitrogens with zero attached hydrogens (tertiary/aromatic N) is 4. The molecule has 2 amide bonds. The molecular weight excluding hydrogens is 318 g/mol. The van der Waals surface area contributed by atoms with Crippen LogP contribution in [0.5, 0.6) is 5.75 Å². The van der Waals surface area contributed by atoms with Crippen LogP contribution in [0.4, 0.5) is 16.3 Å². The summed E-state index contributed by atoms with van der Waals surface area (Å²) >= 11 is 0. The van der Waals surface area contributed by atoms with E-state index in [1.807, 2.05) is 50.2 Å². The van der Waals surface area contributed by atoms with Crippen molar-refractivity contribution in [3.05, 3.63) is 42.4 Å². The van der Waals surface area contributed by atoms with Gasteiger partial charge < -0.3 is 19.9 Å². The van der Waals surface area contributed by atoms with Gasteiger partial charge in [0.1, 0.15) is 6.10 Å². The van der Waals surface area contributed by atoms with E-state index in [2.05, 4.69) is 15.3 Å². The lowest BCUT2D eigenvalue weighted by atomic mass is 10.3. The van der Waals surface area contributed by atoms with Gasteiger partial charge in [-0.25, -0.2) is 9.78 Å². The highest BCUT2D eigenvalue weighted by molar-refractivity contribution is 5.89. The van der Waals surface area contributed by atoms with Crippen LogP contribution in [-0.2, 0) is 0 Å². The number of aromatic nitrogens is 2. The molecule has 2 aromatic rings. The van der Waals surface area contributed by atoms with Crippen LogP contribution in [-0.4, -0.2) is 54.2 Å². The zero-order valence-electron chi connectivity index (χ0n) is 14.8. The maximum Gasteiger partial charge on any atom is 0.322 e. The van der Waals surface area contributed by atoms with E-state index < -0.39 is 0 Å². The number of anilines is 2. The fourth-order valence-electron chi connectivity index (χ4n) is 2.74. The Morgan fingerprint density at radius 2 is 2.16 bits per heavy atom. The second kappa shape index (κ2) is 7.38. The monoisotopic (exact) mass is 341 g/mol. The van der Waals surface area contributed by atoms with Gasteiger partial charge in [0.05, 0.1) is 18.4 Å². The number of amides is 2. The first kappa shape index (κ1) is 17.0. The molecule has 3 rings (SSSR count). The fourth-order valence-corrected chi connectivity index (χ4v) is 2.74. The molecule has 2 aromatic heterocycles. The molecule has 1 N–H and O–H groups in total. The van der Waals surface area contributed by atoms with Gasteiger partial charge in [0.15, 0.2) is 11.6 Å². The van der Waals surface area contributed by atoms with E-state index in [-0.39, 0.29) is 12.1 Å². The van der Waals surface area contributed by atoms with E-state index in [0.29, 0.717) is 18.8 Å². The Morgan fingerprint density at radius 1 is 1.32 bits per heavy atom. The molecule has 1 aliphatic heterocycles. The van der Waals surface area contributed by atoms with E-state index in [4.69, 9.17) is 4.74 Å². The standard InChI is InChI=1S/C18H23N5O2/c1-13-6-7-14(11-20-13)21-18(24)23-10-8-15(12-23)25-16-5-4-9-19-17(16)22(2)3/h4-7,9,11,15H,8,10,12H2,1-3H3,(H,21,24)/t15-/m0/s1. The van der Waals surface area contributed by atoms with Crippen molar-refractivity contribution in [2.24, 2.45) is 0 Å². The number of hydrogen-bond donors (Lipinski definition) is 1. The average Bonchev–Trinajstić information content (AvgIpc) is 3.06. The van der Waals surface area contributed by atoms with E-state index in [1.54, 1.807) is 17.3 Å². The minimum absolute atomic E-state index is 0.0372. The molecule has 0 radical (unpaired) electrons. The van der Waals surface area contributed by atoms with Gasteiger partial charge in [-0.2, -0.15) is 0 Å². The van der Waals surface area contributed by atoms with Gasteiger partial charge in [0, 0.05) is 39.0 Å². The number of carbonyl (C=O) groups excluding carboxylic acids is 1. The van der Waals surface area contributed by atoms with E-state index in [9.17, 15) is 4.79 Å². The first-order valence-electron chi connectivity index (χ1n) is 8.30. The smallest absolute Gasteiger partial charge is 0.322 e. The molecule has 0 aromatic carbocycles. The topological polar surface area (TPSA) is 70.6 Å². The molecule has 0 unspecified atom stereocenters. The number of nitrogens with one attached hydrogen (secondary N) is 1. The molecule has 0 aliphatic carbocycles. The van der Waals surface area contributed by atoms with Crippen molar-refractivity contribution >= 4 is 17.5 Å². The summed E-state index contributed by atoms with van der Waals surface area (Å²) < 4.78 is 6.08. The van der Waals surface area contributed by atoms with Gasteiger partial charge in [-0.3, -0.25) is 4.98 Å². The molecule has 0 spiro atoms. The predicted molar refractivity (Wildman–Crippen MR) is 97.2 cm³/mol. The van der Waals surface area contributed by atoms with Gasteiger partial charge in [0.2, 0.25) is 0 Å². The van der Waals surface area contributed by atoms with Crippen LogP contribution in [0, 0.1) is 6.92 Å². The maximum absolute atomic E-state index is 12.4. The first-order chi connectivity index (χ1) is 12.0. The zero-order chi connectivity index (χ0) is 17.8. The Hall–Kier alpha value is -2.83. The van der Waals surface area contributed by atoms with E-state index >= 15 is 0 Å². The van der Waals surface area contributed by atoms with Crippen LogP contribution >= 0.6 is 0 Å². The summed E-state index contributed by atoms with van der Waals surface area (Å²) in [4.78, 5) is 24.6. The highest BCUT2D eigenvalue weighted by Crippen LogP contribution is 2.26. The largest absolute Gasteiger partial charge is 0.485 e. The molecule has 1 atom stereocenters. The molecule has 1 saturated heterocycles. The first-order valence-corrected chi connectivity index (χ1v) is 8.30. The van der Waals surface area contributed by atoms with E-state index in [0.717, 1.165) is 23.7 Å². The Balaban J connectivity index is 1.58. The number of carbonyl (C=O) groups is 1. The molecule has 0 bridgehead atoms. The second-order valence-electron chi connectivity index (χ2n) is 6.31. The van der Waals surface area contributed by atoms with Crippen LogP contribution in [0.1, 0.15) is 12.1 Å². The molecular formula is C18H23N5O2. The normalized spacial score (nSPS) is 16.6. The summed E-state index contributed by atoms with van der Waals surface area (Å²) in [6.45, 7) is 3.12. The molecule has 1 fully saturated rings. The fraction of sp³-hybridized carbons (Fsp3) is 0.389. The number of aryl methyl sites for hydroxylation is 1. The summed E-state index contributed by atoms with van der Waals surface area (Å²) in [5, 5.41) is 2.87. The third-order valence-electron chi connectivity index (χ3n) is 4.06. The molecule has 132 valence electrons. The molecule has 3 heterocycles. The van der Waals surface area contributed by atoms with Crippen LogP contribution in [0.25, 0.3) is 0 Å². The maximum atomic E-state index is 12.4. The number of ether oxygens (including phenoxy) is 1. The van der Waals surface area contributed by atoms with Crippen molar-refractivity contribution in [1.29, 1.82) is 0 Å². The Bertz CT molecular complexity index is 733. The third kappa shape index (κ3) is 4.17. The SMILES string of the molecule is Cc1ccc(NC(=O)N2CC[C@H](Oc3cccnc3N(C)C)C2)cn1. The van der Waals surface area contributed by atoms with Gasteiger partial charge in [0.25, 0.3) is 0 Å². The van der Waals surface area contributed by atoms with Crippen molar-refractivity contribution in [3.63, 3.8) is 0 Å². The Morgan fingerprint density at radius 3 is 2.88 bits per heavy atom. The summed E-state index contributed by atoms with van der Waals surface area (Å²) in [5.74, 6) is 1.53. The number of pyridine rings is 2. The van der Waals surface area contributed by atoms with Gasteiger partial charge in [-0.1, -0.05) is 0 Å². The number of hydrogen-bond acceptors (Lipinski definition) is 5. The lowest BCUT2D eigenvalue weighted by Crippen LogP contribution is -2.34. The van der Waals surface area contributed by atoms with Gasteiger partial charge in [-0.15, -0.1) is 0 Å². The molecule has 0 saturated carbocycles. The van der Waals surface area contributed by atoms with Gasteiger partial charge >= 0.3 is 6.03 Å². The minimum Gasteiger partial charge on any atom is -0.485 e. The summed E-state index contributed by atoms with van der Waals surface area (Å²) in [6, 6.07) is 7.35. The third-order valence-corrected chi connectivity index (χ3v) is 4.06. The number of urea groups is 1. The van der Waals surface area contributed by atoms with E-state index in [1.165, 1.54) is 0 Å². The zero-order valence-corrected chi connectivity index (χ0v) is 14.8. The lowest BCUT2D eigenvalue weighted by molar-refractivity contribution is 0.195. The van der Waals surface area contributed by atoms with Crippen molar-refractivity contribution in [3.8, 4) is 5.75 Å². The lowest BCUT2D eigenvalue weighted by Gasteiger charge is -2.20. The highest BCUT2D eigenvalue weighted by atomic mass is 16.5. The van der Waals surface area contributed by atoms with Crippen LogP contribution in [0.15, 0.2) is 36.7 Å². The van der Waals surface area contributed by atoms with Gasteiger partial charge in [-0.05, 0) is 31.2 Å². The summed E-state index contributed by atoms with van der Waals surface area (Å²) in [5.41, 5.74) is 1.61. The predicted octanol–water partition coefficient (Wildman–Crippen LogP) is 2.54. The quantitative estimate of drug-likeness (QED) is 0.925. The van der Waals surface area contributed by atoms with Crippen molar-refractivity contribution < 1.29 is 9.53 Å². The van der Waals surface area contributed by atoms with Crippen LogP contribution in [0.3, 0.4) is 0 Å². The van der Waals surface area contributed by atoms with Crippen molar-refractivity contribution in [2.45, 2.75) is 19.4 Å². The number of rotatable bonds is 4. The molecule has 7 nitrogen and oxygen atoms in total. The van der Waals surface area contributed by atoms with Crippen LogP contribution < -0.4 is 15.0 Å². The van der Waals surface area contributed by atoms with Crippen molar-refractivity contribution in [1.82, 2.24) is 14.9 Å². The average molecular weight is 341 g/mol. The molecule has 7 heteroatoms. The Kier molecular flexibility index (Phi) is 5.02. The summed E-state index contributed by atoms with van der Waals surface area (Å²) in [6.07, 6.45) is 4.16. The molecule has 25 heavy (non-hydrogen) atoms. The van der Waals surface area contributed by atoms with Crippen LogP contribution in [0.2, 0.25) is 0 Å².